The quantitative estimate of drug-likeness (QED) is 0.767. The van der Waals surface area contributed by atoms with Gasteiger partial charge in [0.15, 0.2) is 0 Å². The summed E-state index contributed by atoms with van der Waals surface area (Å²) in [5.74, 6) is 0. The van der Waals surface area contributed by atoms with Crippen molar-refractivity contribution in [2.45, 2.75) is 13.5 Å². The van der Waals surface area contributed by atoms with Crippen molar-refractivity contribution in [2.75, 3.05) is 11.1 Å². The van der Waals surface area contributed by atoms with Crippen LogP contribution < -0.4 is 11.1 Å². The monoisotopic (exact) mass is 212 g/mol. The average Bonchev–Trinajstić information content (AvgIpc) is 2.32. The number of nitrogens with two attached hydrogens (primary N) is 1. The van der Waals surface area contributed by atoms with Gasteiger partial charge in [0, 0.05) is 17.9 Å². The fourth-order valence-corrected chi connectivity index (χ4v) is 1.62. The highest BCUT2D eigenvalue weighted by Crippen LogP contribution is 2.18. The van der Waals surface area contributed by atoms with Crippen molar-refractivity contribution in [3.63, 3.8) is 0 Å². The van der Waals surface area contributed by atoms with Crippen LogP contribution in [0.15, 0.2) is 48.5 Å². The molecule has 16 heavy (non-hydrogen) atoms. The van der Waals surface area contributed by atoms with Crippen LogP contribution in [0.3, 0.4) is 0 Å². The van der Waals surface area contributed by atoms with E-state index in [-0.39, 0.29) is 0 Å². The second-order valence-electron chi connectivity index (χ2n) is 3.91. The van der Waals surface area contributed by atoms with Gasteiger partial charge in [0.1, 0.15) is 0 Å². The molecule has 0 aliphatic rings. The van der Waals surface area contributed by atoms with Gasteiger partial charge in [-0.1, -0.05) is 36.4 Å². The first-order valence-corrected chi connectivity index (χ1v) is 5.39. The molecule has 0 aliphatic heterocycles. The van der Waals surface area contributed by atoms with Crippen LogP contribution in [-0.2, 0) is 6.54 Å². The molecule has 0 saturated carbocycles. The Kier molecular flexibility index (Phi) is 3.10. The second-order valence-corrected chi connectivity index (χ2v) is 3.91. The van der Waals surface area contributed by atoms with Gasteiger partial charge in [-0.15, -0.1) is 0 Å². The van der Waals surface area contributed by atoms with Crippen LogP contribution >= 0.6 is 0 Å². The molecule has 0 aromatic heterocycles. The third-order valence-electron chi connectivity index (χ3n) is 2.59. The van der Waals surface area contributed by atoms with Crippen molar-refractivity contribution in [1.29, 1.82) is 0 Å². The van der Waals surface area contributed by atoms with Crippen LogP contribution in [0.2, 0.25) is 0 Å². The Labute approximate surface area is 96.1 Å². The summed E-state index contributed by atoms with van der Waals surface area (Å²) in [5.41, 5.74) is 10.1. The first-order valence-electron chi connectivity index (χ1n) is 5.39. The van der Waals surface area contributed by atoms with Crippen LogP contribution in [0, 0.1) is 6.92 Å². The van der Waals surface area contributed by atoms with Gasteiger partial charge in [0.2, 0.25) is 0 Å². The Morgan fingerprint density at radius 2 is 1.81 bits per heavy atom. The van der Waals surface area contributed by atoms with E-state index in [1.54, 1.807) is 0 Å². The molecule has 3 N–H and O–H groups in total. The fourth-order valence-electron chi connectivity index (χ4n) is 1.62. The van der Waals surface area contributed by atoms with E-state index in [0.29, 0.717) is 0 Å². The SMILES string of the molecule is Cc1ccc(N)cc1NCc1ccccc1. The van der Waals surface area contributed by atoms with Crippen molar-refractivity contribution in [1.82, 2.24) is 0 Å². The molecule has 2 nitrogen and oxygen atoms in total. The number of aryl methyl sites for hydroxylation is 1. The summed E-state index contributed by atoms with van der Waals surface area (Å²) in [6.07, 6.45) is 0. The summed E-state index contributed by atoms with van der Waals surface area (Å²) >= 11 is 0. The zero-order valence-electron chi connectivity index (χ0n) is 9.40. The second kappa shape index (κ2) is 4.71. The van der Waals surface area contributed by atoms with E-state index in [1.807, 2.05) is 36.4 Å². The van der Waals surface area contributed by atoms with Crippen molar-refractivity contribution in [3.05, 3.63) is 59.7 Å². The molecule has 0 amide bonds. The van der Waals surface area contributed by atoms with Crippen LogP contribution in [0.25, 0.3) is 0 Å². The molecule has 0 fully saturated rings. The molecule has 0 saturated heterocycles. The van der Waals surface area contributed by atoms with Gasteiger partial charge < -0.3 is 11.1 Å². The van der Waals surface area contributed by atoms with Gasteiger partial charge in [-0.25, -0.2) is 0 Å². The van der Waals surface area contributed by atoms with Crippen molar-refractivity contribution < 1.29 is 0 Å². The van der Waals surface area contributed by atoms with Crippen molar-refractivity contribution in [2.24, 2.45) is 0 Å². The number of nitrogen functional groups attached to an aromatic ring is 1. The van der Waals surface area contributed by atoms with Crippen LogP contribution in [0.4, 0.5) is 11.4 Å². The van der Waals surface area contributed by atoms with E-state index in [1.165, 1.54) is 11.1 Å². The molecule has 0 unspecified atom stereocenters. The Bertz CT molecular complexity index is 463. The summed E-state index contributed by atoms with van der Waals surface area (Å²) < 4.78 is 0. The Hall–Kier alpha value is -1.96. The fraction of sp³-hybridized carbons (Fsp3) is 0.143. The van der Waals surface area contributed by atoms with Gasteiger partial charge in [-0.3, -0.25) is 0 Å². The zero-order valence-corrected chi connectivity index (χ0v) is 9.40. The number of nitrogens with one attached hydrogen (secondary N) is 1. The molecule has 0 bridgehead atoms. The van der Waals surface area contributed by atoms with Gasteiger partial charge >= 0.3 is 0 Å². The Morgan fingerprint density at radius 3 is 2.56 bits per heavy atom. The molecule has 0 atom stereocenters. The normalized spacial score (nSPS) is 10.1. The number of hydrogen-bond acceptors (Lipinski definition) is 2. The minimum absolute atomic E-state index is 0.793. The third kappa shape index (κ3) is 2.54. The van der Waals surface area contributed by atoms with E-state index in [4.69, 9.17) is 5.73 Å². The summed E-state index contributed by atoms with van der Waals surface area (Å²) in [6, 6.07) is 16.2. The molecule has 0 aliphatic carbocycles. The summed E-state index contributed by atoms with van der Waals surface area (Å²) in [7, 11) is 0. The van der Waals surface area contributed by atoms with Crippen molar-refractivity contribution in [3.8, 4) is 0 Å². The van der Waals surface area contributed by atoms with Gasteiger partial charge in [0.25, 0.3) is 0 Å². The first kappa shape index (κ1) is 10.6. The lowest BCUT2D eigenvalue weighted by Gasteiger charge is -2.10. The molecular formula is C14H16N2. The average molecular weight is 212 g/mol. The maximum Gasteiger partial charge on any atom is 0.0400 e. The maximum absolute atomic E-state index is 5.76. The smallest absolute Gasteiger partial charge is 0.0400 e. The summed E-state index contributed by atoms with van der Waals surface area (Å²) in [5, 5.41) is 3.39. The van der Waals surface area contributed by atoms with Gasteiger partial charge in [-0.05, 0) is 30.2 Å². The predicted octanol–water partition coefficient (Wildman–Crippen LogP) is 3.19. The zero-order chi connectivity index (χ0) is 11.4. The number of rotatable bonds is 3. The van der Waals surface area contributed by atoms with E-state index in [9.17, 15) is 0 Å². The first-order chi connectivity index (χ1) is 7.75. The minimum atomic E-state index is 0.793. The van der Waals surface area contributed by atoms with Crippen LogP contribution in [0.1, 0.15) is 11.1 Å². The van der Waals surface area contributed by atoms with Crippen molar-refractivity contribution >= 4 is 11.4 Å². The lowest BCUT2D eigenvalue weighted by molar-refractivity contribution is 1.14. The predicted molar refractivity (Wildman–Crippen MR) is 69.4 cm³/mol. The highest BCUT2D eigenvalue weighted by molar-refractivity contribution is 5.59. The van der Waals surface area contributed by atoms with E-state index in [2.05, 4.69) is 24.4 Å². The number of benzene rings is 2. The van der Waals surface area contributed by atoms with E-state index in [0.717, 1.165) is 17.9 Å². The van der Waals surface area contributed by atoms with Crippen LogP contribution in [-0.4, -0.2) is 0 Å². The maximum atomic E-state index is 5.76. The highest BCUT2D eigenvalue weighted by Gasteiger charge is 1.98. The highest BCUT2D eigenvalue weighted by atomic mass is 14.9. The molecule has 2 heteroatoms. The molecule has 0 heterocycles. The standard InChI is InChI=1S/C14H16N2/c1-11-7-8-13(15)9-14(11)16-10-12-5-3-2-4-6-12/h2-9,16H,10,15H2,1H3. The lowest BCUT2D eigenvalue weighted by atomic mass is 10.1. The molecular weight excluding hydrogens is 196 g/mol. The Balaban J connectivity index is 2.08. The topological polar surface area (TPSA) is 38.0 Å². The largest absolute Gasteiger partial charge is 0.399 e. The molecule has 2 aromatic rings. The molecule has 2 rings (SSSR count). The molecule has 0 radical (unpaired) electrons. The van der Waals surface area contributed by atoms with E-state index >= 15 is 0 Å². The van der Waals surface area contributed by atoms with Gasteiger partial charge in [0.05, 0.1) is 0 Å². The molecule has 2 aromatic carbocycles. The third-order valence-corrected chi connectivity index (χ3v) is 2.59. The van der Waals surface area contributed by atoms with Crippen LogP contribution in [0.5, 0.6) is 0 Å². The number of anilines is 2. The molecule has 0 spiro atoms. The summed E-state index contributed by atoms with van der Waals surface area (Å²) in [4.78, 5) is 0. The molecule has 82 valence electrons. The summed E-state index contributed by atoms with van der Waals surface area (Å²) in [6.45, 7) is 2.90. The lowest BCUT2D eigenvalue weighted by Crippen LogP contribution is -2.01. The Morgan fingerprint density at radius 1 is 1.06 bits per heavy atom. The minimum Gasteiger partial charge on any atom is -0.399 e. The van der Waals surface area contributed by atoms with E-state index < -0.39 is 0 Å². The number of hydrogen-bond donors (Lipinski definition) is 2. The van der Waals surface area contributed by atoms with Gasteiger partial charge in [-0.2, -0.15) is 0 Å².